The van der Waals surface area contributed by atoms with Crippen molar-refractivity contribution in [1.82, 2.24) is 0 Å². The van der Waals surface area contributed by atoms with E-state index in [0.717, 1.165) is 24.0 Å². The Hall–Kier alpha value is -1.64. The number of allylic oxidation sites excluding steroid dienone is 3. The van der Waals surface area contributed by atoms with Crippen molar-refractivity contribution in [3.05, 3.63) is 47.5 Å². The van der Waals surface area contributed by atoms with Crippen LogP contribution in [0.5, 0.6) is 0 Å². The van der Waals surface area contributed by atoms with E-state index in [4.69, 9.17) is 9.47 Å². The van der Waals surface area contributed by atoms with Crippen LogP contribution in [-0.4, -0.2) is 5.11 Å². The maximum Gasteiger partial charge on any atom is 0.168 e. The highest BCUT2D eigenvalue weighted by molar-refractivity contribution is 5.42. The van der Waals surface area contributed by atoms with E-state index in [1.54, 1.807) is 0 Å². The van der Waals surface area contributed by atoms with Crippen molar-refractivity contribution in [2.45, 2.75) is 26.7 Å². The summed E-state index contributed by atoms with van der Waals surface area (Å²) < 4.78 is 10.4. The minimum absolute atomic E-state index is 0.316. The van der Waals surface area contributed by atoms with Gasteiger partial charge in [0.2, 0.25) is 0 Å². The van der Waals surface area contributed by atoms with E-state index in [0.29, 0.717) is 17.4 Å². The third kappa shape index (κ3) is 1.98. The van der Waals surface area contributed by atoms with Gasteiger partial charge < -0.3 is 14.6 Å². The molecule has 0 saturated carbocycles. The zero-order valence-corrected chi connectivity index (χ0v) is 9.56. The lowest BCUT2D eigenvalue weighted by Crippen LogP contribution is -2.09. The van der Waals surface area contributed by atoms with E-state index >= 15 is 0 Å². The molecule has 86 valence electrons. The Morgan fingerprint density at radius 1 is 1.31 bits per heavy atom. The molecule has 16 heavy (non-hydrogen) atoms. The minimum Gasteiger partial charge on any atom is -0.507 e. The van der Waals surface area contributed by atoms with Crippen molar-refractivity contribution in [2.24, 2.45) is 5.92 Å². The fourth-order valence-electron chi connectivity index (χ4n) is 1.91. The Labute approximate surface area is 95.4 Å². The summed E-state index contributed by atoms with van der Waals surface area (Å²) in [6, 6.07) is 0. The molecular weight excluding hydrogens is 204 g/mol. The first-order valence-electron chi connectivity index (χ1n) is 5.50. The van der Waals surface area contributed by atoms with Crippen LogP contribution in [0.25, 0.3) is 0 Å². The quantitative estimate of drug-likeness (QED) is 0.773. The SMILES string of the molecule is CC(C)C1=CCCC(C2=COC=CO2)=C1O. The standard InChI is InChI=1S/C13H16O3/c1-9(2)10-4-3-5-11(13(10)14)12-8-15-6-7-16-12/h4,6-9,14H,3,5H2,1-2H3. The Morgan fingerprint density at radius 2 is 2.12 bits per heavy atom. The Balaban J connectivity index is 2.29. The van der Waals surface area contributed by atoms with Gasteiger partial charge in [-0.25, -0.2) is 0 Å². The van der Waals surface area contributed by atoms with E-state index in [2.05, 4.69) is 19.9 Å². The number of ether oxygens (including phenoxy) is 2. The molecule has 3 nitrogen and oxygen atoms in total. The van der Waals surface area contributed by atoms with Gasteiger partial charge in [0.05, 0.1) is 0 Å². The molecule has 2 aliphatic rings. The van der Waals surface area contributed by atoms with Crippen LogP contribution in [0.1, 0.15) is 26.7 Å². The van der Waals surface area contributed by atoms with E-state index in [-0.39, 0.29) is 0 Å². The van der Waals surface area contributed by atoms with Crippen molar-refractivity contribution in [3.8, 4) is 0 Å². The molecular formula is C13H16O3. The molecule has 1 aliphatic heterocycles. The summed E-state index contributed by atoms with van der Waals surface area (Å²) in [4.78, 5) is 0. The summed E-state index contributed by atoms with van der Waals surface area (Å²) in [5.74, 6) is 1.26. The van der Waals surface area contributed by atoms with Crippen LogP contribution in [0.4, 0.5) is 0 Å². The molecule has 0 spiro atoms. The maximum atomic E-state index is 10.2. The van der Waals surface area contributed by atoms with Gasteiger partial charge >= 0.3 is 0 Å². The Bertz CT molecular complexity index is 397. The van der Waals surface area contributed by atoms with Gasteiger partial charge in [-0.2, -0.15) is 0 Å². The predicted octanol–water partition coefficient (Wildman–Crippen LogP) is 3.53. The molecule has 3 heteroatoms. The number of rotatable bonds is 2. The van der Waals surface area contributed by atoms with Crippen LogP contribution in [-0.2, 0) is 9.47 Å². The molecule has 0 aromatic rings. The Morgan fingerprint density at radius 3 is 2.75 bits per heavy atom. The van der Waals surface area contributed by atoms with Gasteiger partial charge in [-0.15, -0.1) is 0 Å². The zero-order chi connectivity index (χ0) is 11.5. The molecule has 0 amide bonds. The van der Waals surface area contributed by atoms with Gasteiger partial charge in [-0.05, 0) is 24.3 Å². The molecule has 0 radical (unpaired) electrons. The van der Waals surface area contributed by atoms with Crippen molar-refractivity contribution < 1.29 is 14.6 Å². The highest BCUT2D eigenvalue weighted by Crippen LogP contribution is 2.33. The maximum absolute atomic E-state index is 10.2. The first-order valence-corrected chi connectivity index (χ1v) is 5.50. The van der Waals surface area contributed by atoms with Crippen LogP contribution in [0.2, 0.25) is 0 Å². The van der Waals surface area contributed by atoms with E-state index in [1.165, 1.54) is 18.8 Å². The van der Waals surface area contributed by atoms with Crippen LogP contribution in [0.3, 0.4) is 0 Å². The third-order valence-corrected chi connectivity index (χ3v) is 2.74. The van der Waals surface area contributed by atoms with E-state index < -0.39 is 0 Å². The van der Waals surface area contributed by atoms with Crippen molar-refractivity contribution >= 4 is 0 Å². The third-order valence-electron chi connectivity index (χ3n) is 2.74. The van der Waals surface area contributed by atoms with Crippen LogP contribution >= 0.6 is 0 Å². The second-order valence-electron chi connectivity index (χ2n) is 4.19. The first-order chi connectivity index (χ1) is 7.70. The molecule has 2 rings (SSSR count). The predicted molar refractivity (Wildman–Crippen MR) is 61.2 cm³/mol. The fraction of sp³-hybridized carbons (Fsp3) is 0.385. The van der Waals surface area contributed by atoms with Crippen molar-refractivity contribution in [1.29, 1.82) is 0 Å². The van der Waals surface area contributed by atoms with Gasteiger partial charge in [0.1, 0.15) is 24.5 Å². The molecule has 0 saturated heterocycles. The zero-order valence-electron chi connectivity index (χ0n) is 9.56. The second-order valence-corrected chi connectivity index (χ2v) is 4.19. The Kier molecular flexibility index (Phi) is 3.04. The average molecular weight is 220 g/mol. The summed E-state index contributed by atoms with van der Waals surface area (Å²) >= 11 is 0. The summed E-state index contributed by atoms with van der Waals surface area (Å²) in [7, 11) is 0. The molecule has 1 aliphatic carbocycles. The van der Waals surface area contributed by atoms with Crippen molar-refractivity contribution in [3.63, 3.8) is 0 Å². The molecule has 0 atom stereocenters. The van der Waals surface area contributed by atoms with Crippen LogP contribution in [0.15, 0.2) is 47.5 Å². The number of aliphatic hydroxyl groups is 1. The van der Waals surface area contributed by atoms with Gasteiger partial charge in [0.15, 0.2) is 5.76 Å². The van der Waals surface area contributed by atoms with Crippen LogP contribution in [0, 0.1) is 5.92 Å². The topological polar surface area (TPSA) is 38.7 Å². The van der Waals surface area contributed by atoms with E-state index in [9.17, 15) is 5.11 Å². The van der Waals surface area contributed by atoms with E-state index in [1.807, 2.05) is 0 Å². The molecule has 0 unspecified atom stereocenters. The lowest BCUT2D eigenvalue weighted by Gasteiger charge is -2.21. The summed E-state index contributed by atoms with van der Waals surface area (Å²) in [5.41, 5.74) is 1.82. The van der Waals surface area contributed by atoms with Gasteiger partial charge in [-0.3, -0.25) is 0 Å². The van der Waals surface area contributed by atoms with Gasteiger partial charge in [0, 0.05) is 5.57 Å². The van der Waals surface area contributed by atoms with Gasteiger partial charge in [0.25, 0.3) is 0 Å². The normalized spacial score (nSPS) is 20.2. The minimum atomic E-state index is 0.316. The van der Waals surface area contributed by atoms with Crippen molar-refractivity contribution in [2.75, 3.05) is 0 Å². The smallest absolute Gasteiger partial charge is 0.168 e. The monoisotopic (exact) mass is 220 g/mol. The van der Waals surface area contributed by atoms with Crippen LogP contribution < -0.4 is 0 Å². The highest BCUT2D eigenvalue weighted by Gasteiger charge is 2.22. The molecule has 1 heterocycles. The second kappa shape index (κ2) is 4.47. The molecule has 0 bridgehead atoms. The molecule has 0 aromatic heterocycles. The lowest BCUT2D eigenvalue weighted by molar-refractivity contribution is 0.257. The molecule has 0 aromatic carbocycles. The highest BCUT2D eigenvalue weighted by atomic mass is 16.5. The largest absolute Gasteiger partial charge is 0.507 e. The first kappa shape index (κ1) is 10.9. The lowest BCUT2D eigenvalue weighted by atomic mass is 9.90. The number of aliphatic hydroxyl groups excluding tert-OH is 1. The number of hydrogen-bond donors (Lipinski definition) is 1. The summed E-state index contributed by atoms with van der Waals surface area (Å²) in [6.45, 7) is 4.13. The fourth-order valence-corrected chi connectivity index (χ4v) is 1.91. The summed E-state index contributed by atoms with van der Waals surface area (Å²) in [6.07, 6.45) is 8.26. The average Bonchev–Trinajstić information content (AvgIpc) is 2.30. The summed E-state index contributed by atoms with van der Waals surface area (Å²) in [5, 5.41) is 10.2. The number of hydrogen-bond acceptors (Lipinski definition) is 3. The molecule has 1 N–H and O–H groups in total. The molecule has 0 fully saturated rings. The van der Waals surface area contributed by atoms with Gasteiger partial charge in [-0.1, -0.05) is 19.9 Å².